The molecule has 10 heteroatoms. The van der Waals surface area contributed by atoms with Gasteiger partial charge in [0.05, 0.1) is 17.1 Å². The predicted octanol–water partition coefficient (Wildman–Crippen LogP) is 9.18. The van der Waals surface area contributed by atoms with E-state index < -0.39 is 0 Å². The number of rotatable bonds is 7. The Hall–Kier alpha value is -5.16. The average molecular weight is 1060 g/mol. The molecule has 8 nitrogen and oxygen atoms in total. The van der Waals surface area contributed by atoms with Crippen LogP contribution in [-0.2, 0) is 55.0 Å². The van der Waals surface area contributed by atoms with E-state index in [9.17, 15) is 0 Å². The van der Waals surface area contributed by atoms with E-state index in [-0.39, 0.29) is 42.1 Å². The molecule has 54 heavy (non-hydrogen) atoms. The molecule has 0 aliphatic carbocycles. The molecule has 0 radical (unpaired) electrons. The van der Waals surface area contributed by atoms with E-state index in [0.29, 0.717) is 28.9 Å². The van der Waals surface area contributed by atoms with Gasteiger partial charge in [0, 0.05) is 48.5 Å². The smallest absolute Gasteiger partial charge is 0.503 e. The fraction of sp³-hybridized carbons (Fsp3) is 0.136. The normalized spacial score (nSPS) is 13.1. The SMILES string of the molecule is [Pt+2].[Pt+2].[c-]1c(Oc2[c-]c3c(cc2)c2ccc(Oc4[c-]c(-c5ccccn5)ccc4)[c-]c2n3-c2nc3c4c(n2)CCCN4CCC3)cccc1-c1ccccn1. The van der Waals surface area contributed by atoms with Crippen LogP contribution in [0.1, 0.15) is 24.2 Å². The first-order valence-electron chi connectivity index (χ1n) is 17.5. The van der Waals surface area contributed by atoms with Crippen LogP contribution in [0.5, 0.6) is 23.0 Å². The van der Waals surface area contributed by atoms with Gasteiger partial charge in [-0.15, -0.1) is 71.8 Å². The van der Waals surface area contributed by atoms with Gasteiger partial charge in [-0.3, -0.25) is 0 Å². The van der Waals surface area contributed by atoms with Crippen LogP contribution in [-0.4, -0.2) is 37.6 Å². The van der Waals surface area contributed by atoms with Gasteiger partial charge in [0.15, 0.2) is 0 Å². The summed E-state index contributed by atoms with van der Waals surface area (Å²) >= 11 is 0. The minimum Gasteiger partial charge on any atom is -0.503 e. The number of pyridine rings is 2. The first-order chi connectivity index (χ1) is 25.7. The second-order valence-electron chi connectivity index (χ2n) is 13.0. The van der Waals surface area contributed by atoms with Crippen LogP contribution in [0, 0.1) is 24.3 Å². The molecular weight excluding hydrogens is 1030 g/mol. The maximum Gasteiger partial charge on any atom is 2.00 e. The summed E-state index contributed by atoms with van der Waals surface area (Å²) in [7, 11) is 0. The van der Waals surface area contributed by atoms with Gasteiger partial charge in [0.2, 0.25) is 5.95 Å². The van der Waals surface area contributed by atoms with Gasteiger partial charge in [-0.05, 0) is 49.2 Å². The quantitative estimate of drug-likeness (QED) is 0.148. The van der Waals surface area contributed by atoms with Gasteiger partial charge in [-0.25, -0.2) is 9.97 Å². The second kappa shape index (κ2) is 15.3. The van der Waals surface area contributed by atoms with Crippen molar-refractivity contribution in [3.8, 4) is 51.5 Å². The summed E-state index contributed by atoms with van der Waals surface area (Å²) < 4.78 is 14.9. The summed E-state index contributed by atoms with van der Waals surface area (Å²) in [6.45, 7) is 2.11. The molecule has 0 N–H and O–H groups in total. The summed E-state index contributed by atoms with van der Waals surface area (Å²) in [5.41, 5.74) is 8.36. The van der Waals surface area contributed by atoms with Gasteiger partial charge in [0.25, 0.3) is 0 Å². The molecule has 4 aromatic carbocycles. The number of hydrogen-bond donors (Lipinski definition) is 0. The van der Waals surface area contributed by atoms with Gasteiger partial charge < -0.3 is 28.9 Å². The summed E-state index contributed by atoms with van der Waals surface area (Å²) in [5, 5.41) is 1.97. The van der Waals surface area contributed by atoms with Crippen molar-refractivity contribution in [3.63, 3.8) is 0 Å². The third kappa shape index (κ3) is 6.74. The molecule has 0 saturated heterocycles. The monoisotopic (exact) mass is 1060 g/mol. The van der Waals surface area contributed by atoms with Crippen LogP contribution in [0.4, 0.5) is 5.69 Å². The molecule has 0 saturated carbocycles. The minimum absolute atomic E-state index is 0. The molecule has 0 spiro atoms. The van der Waals surface area contributed by atoms with E-state index in [1.165, 1.54) is 5.69 Å². The molecular formula is C44H30N6O2Pt2. The van der Waals surface area contributed by atoms with Gasteiger partial charge in [0.1, 0.15) is 0 Å². The fourth-order valence-electron chi connectivity index (χ4n) is 7.30. The summed E-state index contributed by atoms with van der Waals surface area (Å²) in [4.78, 5) is 21.9. The first kappa shape index (κ1) is 35.8. The molecule has 2 aliphatic heterocycles. The number of aryl methyl sites for hydroxylation is 2. The zero-order chi connectivity index (χ0) is 34.4. The van der Waals surface area contributed by atoms with E-state index >= 15 is 0 Å². The number of hydrogen-bond acceptors (Lipinski definition) is 7. The molecule has 268 valence electrons. The maximum absolute atomic E-state index is 6.40. The van der Waals surface area contributed by atoms with Gasteiger partial charge in [-0.1, -0.05) is 47.4 Å². The van der Waals surface area contributed by atoms with Crippen LogP contribution in [0.15, 0.2) is 109 Å². The van der Waals surface area contributed by atoms with E-state index in [1.54, 1.807) is 12.4 Å². The Labute approximate surface area is 341 Å². The van der Waals surface area contributed by atoms with Crippen LogP contribution in [0.25, 0.3) is 50.3 Å². The topological polar surface area (TPSA) is 78.2 Å². The fourth-order valence-corrected chi connectivity index (χ4v) is 7.30. The van der Waals surface area contributed by atoms with Crippen molar-refractivity contribution in [2.24, 2.45) is 0 Å². The van der Waals surface area contributed by atoms with Crippen LogP contribution in [0.3, 0.4) is 0 Å². The molecule has 0 atom stereocenters. The van der Waals surface area contributed by atoms with Gasteiger partial charge in [-0.2, -0.15) is 22.9 Å². The Morgan fingerprint density at radius 1 is 0.519 bits per heavy atom. The number of aromatic nitrogens is 5. The number of nitrogens with zero attached hydrogens (tertiary/aromatic N) is 6. The Kier molecular flexibility index (Phi) is 10.2. The zero-order valence-corrected chi connectivity index (χ0v) is 33.3. The van der Waals surface area contributed by atoms with E-state index in [2.05, 4.69) is 55.8 Å². The third-order valence-corrected chi connectivity index (χ3v) is 9.61. The second-order valence-corrected chi connectivity index (χ2v) is 13.0. The third-order valence-electron chi connectivity index (χ3n) is 9.61. The average Bonchev–Trinajstić information content (AvgIpc) is 3.52. The maximum atomic E-state index is 6.40. The summed E-state index contributed by atoms with van der Waals surface area (Å²) in [6, 6.07) is 45.1. The van der Waals surface area contributed by atoms with Crippen LogP contribution < -0.4 is 14.4 Å². The minimum atomic E-state index is 0. The molecule has 0 bridgehead atoms. The zero-order valence-electron chi connectivity index (χ0n) is 28.8. The van der Waals surface area contributed by atoms with Crippen molar-refractivity contribution in [1.29, 1.82) is 0 Å². The standard InChI is InChI=1S/C44H30N6O2.2Pt/c1-3-21-45-37(13-1)29-9-5-11-31(25-29)51-33-17-19-35-36-20-18-34(52-32-12-6-10-30(26-32)38-14-2-4-22-46-38)28-42(36)50(41(35)27-33)44-47-39-15-7-23-49-24-8-16-40(48-44)43(39)49;;/h1-6,9-14,17-22H,7-8,15-16,23-24H2;;/q-4;2*+2. The number of fused-ring (bicyclic) bond motifs is 3. The van der Waals surface area contributed by atoms with Crippen molar-refractivity contribution in [2.75, 3.05) is 18.0 Å². The Bertz CT molecular complexity index is 2440. The van der Waals surface area contributed by atoms with Crippen molar-refractivity contribution in [2.45, 2.75) is 25.7 Å². The van der Waals surface area contributed by atoms with Crippen molar-refractivity contribution >= 4 is 27.5 Å². The number of anilines is 1. The number of ether oxygens (including phenoxy) is 2. The Morgan fingerprint density at radius 2 is 1.02 bits per heavy atom. The summed E-state index contributed by atoms with van der Waals surface area (Å²) in [6.07, 6.45) is 7.55. The van der Waals surface area contributed by atoms with Crippen LogP contribution in [0.2, 0.25) is 0 Å². The van der Waals surface area contributed by atoms with Crippen molar-refractivity contribution < 1.29 is 51.6 Å². The first-order valence-corrected chi connectivity index (χ1v) is 17.5. The number of benzene rings is 4. The molecule has 10 rings (SSSR count). The van der Waals surface area contributed by atoms with Gasteiger partial charge >= 0.3 is 42.1 Å². The van der Waals surface area contributed by atoms with E-state index in [1.807, 2.05) is 84.9 Å². The van der Waals surface area contributed by atoms with E-state index in [0.717, 1.165) is 94.5 Å². The molecule has 6 heterocycles. The Morgan fingerprint density at radius 3 is 1.50 bits per heavy atom. The van der Waals surface area contributed by atoms with Crippen molar-refractivity contribution in [1.82, 2.24) is 24.5 Å². The molecule has 0 amide bonds. The molecule has 8 aromatic rings. The largest absolute Gasteiger partial charge is 2.00 e. The van der Waals surface area contributed by atoms with E-state index in [4.69, 9.17) is 19.4 Å². The molecule has 4 aromatic heterocycles. The molecule has 0 unspecified atom stereocenters. The van der Waals surface area contributed by atoms with Crippen LogP contribution >= 0.6 is 0 Å². The Balaban J connectivity index is 0.00000207. The predicted molar refractivity (Wildman–Crippen MR) is 200 cm³/mol. The summed E-state index contributed by atoms with van der Waals surface area (Å²) in [5.74, 6) is 2.85. The van der Waals surface area contributed by atoms with Crippen molar-refractivity contribution in [3.05, 3.63) is 145 Å². The molecule has 0 fully saturated rings. The molecule has 2 aliphatic rings.